The number of hydrogen-bond acceptors (Lipinski definition) is 1. The fourth-order valence-corrected chi connectivity index (χ4v) is 5.61. The summed E-state index contributed by atoms with van der Waals surface area (Å²) in [5, 5.41) is 0. The van der Waals surface area contributed by atoms with Crippen LogP contribution in [-0.2, 0) is 4.74 Å². The maximum absolute atomic E-state index is 6.20. The van der Waals surface area contributed by atoms with E-state index in [0.717, 1.165) is 36.2 Å². The molecule has 3 saturated carbocycles. The van der Waals surface area contributed by atoms with Gasteiger partial charge in [-0.15, -0.1) is 0 Å². The summed E-state index contributed by atoms with van der Waals surface area (Å²) in [6, 6.07) is 0. The quantitative estimate of drug-likeness (QED) is 0.606. The molecule has 1 saturated heterocycles. The second-order valence-electron chi connectivity index (χ2n) is 6.75. The van der Waals surface area contributed by atoms with Gasteiger partial charge >= 0.3 is 0 Å². The summed E-state index contributed by atoms with van der Waals surface area (Å²) < 4.78 is 6.20. The number of ether oxygens (including phenoxy) is 1. The molecular formula is C15H24O. The maximum atomic E-state index is 6.20. The van der Waals surface area contributed by atoms with Gasteiger partial charge in [-0.25, -0.2) is 0 Å². The topological polar surface area (TPSA) is 9.23 Å². The molecule has 4 rings (SSSR count). The van der Waals surface area contributed by atoms with E-state index in [2.05, 4.69) is 0 Å². The third kappa shape index (κ3) is 1.33. The van der Waals surface area contributed by atoms with Crippen LogP contribution in [0, 0.1) is 29.6 Å². The molecule has 0 spiro atoms. The molecule has 0 bridgehead atoms. The van der Waals surface area contributed by atoms with E-state index in [-0.39, 0.29) is 0 Å². The average molecular weight is 220 g/mol. The van der Waals surface area contributed by atoms with E-state index in [9.17, 15) is 0 Å². The Morgan fingerprint density at radius 3 is 2.19 bits per heavy atom. The van der Waals surface area contributed by atoms with Gasteiger partial charge in [-0.1, -0.05) is 19.3 Å². The monoisotopic (exact) mass is 220 g/mol. The van der Waals surface area contributed by atoms with Crippen LogP contribution >= 0.6 is 0 Å². The second kappa shape index (κ2) is 3.73. The van der Waals surface area contributed by atoms with Gasteiger partial charge in [-0.3, -0.25) is 0 Å². The predicted octanol–water partition coefficient (Wildman–Crippen LogP) is 3.63. The molecule has 4 fully saturated rings. The Morgan fingerprint density at radius 2 is 1.31 bits per heavy atom. The van der Waals surface area contributed by atoms with Crippen molar-refractivity contribution in [1.82, 2.24) is 0 Å². The number of rotatable bonds is 0. The van der Waals surface area contributed by atoms with Crippen molar-refractivity contribution >= 4 is 0 Å². The van der Waals surface area contributed by atoms with Gasteiger partial charge in [0.15, 0.2) is 0 Å². The van der Waals surface area contributed by atoms with Crippen molar-refractivity contribution in [3.63, 3.8) is 0 Å². The zero-order chi connectivity index (χ0) is 10.5. The van der Waals surface area contributed by atoms with Crippen LogP contribution in [0.2, 0.25) is 0 Å². The minimum Gasteiger partial charge on any atom is -0.378 e. The highest BCUT2D eigenvalue weighted by Crippen LogP contribution is 2.56. The van der Waals surface area contributed by atoms with Gasteiger partial charge in [-0.2, -0.15) is 0 Å². The summed E-state index contributed by atoms with van der Waals surface area (Å²) in [6.07, 6.45) is 12.6. The summed E-state index contributed by atoms with van der Waals surface area (Å²) in [4.78, 5) is 0. The normalized spacial score (nSPS) is 55.5. The summed E-state index contributed by atoms with van der Waals surface area (Å²) >= 11 is 0. The molecule has 0 aromatic carbocycles. The molecule has 6 atom stereocenters. The van der Waals surface area contributed by atoms with E-state index in [4.69, 9.17) is 4.74 Å². The maximum Gasteiger partial charge on any atom is 0.0608 e. The Bertz CT molecular complexity index is 223. The smallest absolute Gasteiger partial charge is 0.0608 e. The standard InChI is InChI=1S/C15H24O/c1-3-10-7-8-11-4-2-6-13-15(11)14(10)12(5-1)9-16-13/h10-15H,1-9H2. The highest BCUT2D eigenvalue weighted by Gasteiger charge is 2.51. The highest BCUT2D eigenvalue weighted by molar-refractivity contribution is 5.00. The van der Waals surface area contributed by atoms with E-state index in [0.29, 0.717) is 6.10 Å². The minimum absolute atomic E-state index is 0.667. The van der Waals surface area contributed by atoms with E-state index in [1.807, 2.05) is 0 Å². The van der Waals surface area contributed by atoms with Crippen molar-refractivity contribution in [1.29, 1.82) is 0 Å². The van der Waals surface area contributed by atoms with Crippen LogP contribution in [0.15, 0.2) is 0 Å². The molecular weight excluding hydrogens is 196 g/mol. The third-order valence-corrected chi connectivity index (χ3v) is 6.15. The predicted molar refractivity (Wildman–Crippen MR) is 64.1 cm³/mol. The fourth-order valence-electron chi connectivity index (χ4n) is 5.61. The van der Waals surface area contributed by atoms with Crippen LogP contribution in [0.25, 0.3) is 0 Å². The molecule has 0 amide bonds. The second-order valence-corrected chi connectivity index (χ2v) is 6.75. The van der Waals surface area contributed by atoms with Crippen LogP contribution in [0.5, 0.6) is 0 Å². The lowest BCUT2D eigenvalue weighted by molar-refractivity contribution is -0.171. The molecule has 0 aromatic rings. The molecule has 16 heavy (non-hydrogen) atoms. The molecule has 0 N–H and O–H groups in total. The Balaban J connectivity index is 1.67. The van der Waals surface area contributed by atoms with E-state index >= 15 is 0 Å². The van der Waals surface area contributed by atoms with Crippen LogP contribution < -0.4 is 0 Å². The van der Waals surface area contributed by atoms with Gasteiger partial charge in [0.1, 0.15) is 0 Å². The zero-order valence-corrected chi connectivity index (χ0v) is 10.2. The molecule has 1 aliphatic heterocycles. The van der Waals surface area contributed by atoms with Crippen molar-refractivity contribution in [2.45, 2.75) is 57.5 Å². The Morgan fingerprint density at radius 1 is 0.625 bits per heavy atom. The largest absolute Gasteiger partial charge is 0.378 e. The van der Waals surface area contributed by atoms with Crippen molar-refractivity contribution in [3.8, 4) is 0 Å². The lowest BCUT2D eigenvalue weighted by Crippen LogP contribution is -2.54. The lowest BCUT2D eigenvalue weighted by Gasteiger charge is -2.57. The molecule has 1 heteroatoms. The van der Waals surface area contributed by atoms with Crippen LogP contribution in [0.4, 0.5) is 0 Å². The summed E-state index contributed by atoms with van der Waals surface area (Å²) in [5.74, 6) is 5.13. The van der Waals surface area contributed by atoms with Crippen LogP contribution in [0.1, 0.15) is 51.4 Å². The van der Waals surface area contributed by atoms with E-state index < -0.39 is 0 Å². The molecule has 4 aliphatic rings. The first kappa shape index (κ1) is 9.94. The SMILES string of the molecule is C1CC2CCC3CCCC4OCC(C1)C2C34. The number of hydrogen-bond donors (Lipinski definition) is 0. The Hall–Kier alpha value is -0.0400. The van der Waals surface area contributed by atoms with Gasteiger partial charge in [-0.05, 0) is 61.7 Å². The zero-order valence-electron chi connectivity index (χ0n) is 10.2. The van der Waals surface area contributed by atoms with E-state index in [1.165, 1.54) is 44.9 Å². The molecule has 0 radical (unpaired) electrons. The highest BCUT2D eigenvalue weighted by atomic mass is 16.5. The third-order valence-electron chi connectivity index (χ3n) is 6.15. The van der Waals surface area contributed by atoms with Crippen molar-refractivity contribution < 1.29 is 4.74 Å². The molecule has 3 aliphatic carbocycles. The first-order chi connectivity index (χ1) is 7.93. The first-order valence-corrected chi connectivity index (χ1v) is 7.55. The van der Waals surface area contributed by atoms with Crippen LogP contribution in [-0.4, -0.2) is 12.7 Å². The molecule has 90 valence electrons. The summed E-state index contributed by atoms with van der Waals surface area (Å²) in [6.45, 7) is 1.11. The van der Waals surface area contributed by atoms with Gasteiger partial charge in [0.2, 0.25) is 0 Å². The lowest BCUT2D eigenvalue weighted by atomic mass is 9.53. The summed E-state index contributed by atoms with van der Waals surface area (Å²) in [7, 11) is 0. The van der Waals surface area contributed by atoms with Crippen molar-refractivity contribution in [2.24, 2.45) is 29.6 Å². The fraction of sp³-hybridized carbons (Fsp3) is 1.00. The van der Waals surface area contributed by atoms with Gasteiger partial charge < -0.3 is 4.74 Å². The Kier molecular flexibility index (Phi) is 2.32. The summed E-state index contributed by atoms with van der Waals surface area (Å²) in [5.41, 5.74) is 0. The molecule has 1 heterocycles. The van der Waals surface area contributed by atoms with Gasteiger partial charge in [0.25, 0.3) is 0 Å². The molecule has 0 aromatic heterocycles. The first-order valence-electron chi connectivity index (χ1n) is 7.55. The van der Waals surface area contributed by atoms with Gasteiger partial charge in [0, 0.05) is 0 Å². The van der Waals surface area contributed by atoms with Crippen molar-refractivity contribution in [3.05, 3.63) is 0 Å². The Labute approximate surface area is 98.9 Å². The minimum atomic E-state index is 0.667. The average Bonchev–Trinajstić information content (AvgIpc) is 2.36. The van der Waals surface area contributed by atoms with Crippen LogP contribution in [0.3, 0.4) is 0 Å². The van der Waals surface area contributed by atoms with Gasteiger partial charge in [0.05, 0.1) is 12.7 Å². The van der Waals surface area contributed by atoms with Crippen molar-refractivity contribution in [2.75, 3.05) is 6.61 Å². The molecule has 6 unspecified atom stereocenters. The van der Waals surface area contributed by atoms with E-state index in [1.54, 1.807) is 6.42 Å². The molecule has 1 nitrogen and oxygen atoms in total.